The molecule has 0 heterocycles. The van der Waals surface area contributed by atoms with Crippen LogP contribution in [0.4, 0.5) is 0 Å². The van der Waals surface area contributed by atoms with E-state index in [9.17, 15) is 0 Å². The zero-order chi connectivity index (χ0) is 10.1. The van der Waals surface area contributed by atoms with Gasteiger partial charge in [0.15, 0.2) is 0 Å². The first-order chi connectivity index (χ1) is 5.88. The lowest BCUT2D eigenvalue weighted by molar-refractivity contribution is 0.131. The highest BCUT2D eigenvalue weighted by Gasteiger charge is 2.13. The predicted octanol–water partition coefficient (Wildman–Crippen LogP) is 4.28. The normalized spacial score (nSPS) is 11.5. The van der Waals surface area contributed by atoms with Crippen LogP contribution in [0.1, 0.15) is 20.8 Å². The van der Waals surface area contributed by atoms with Crippen LogP contribution in [-0.4, -0.2) is 5.60 Å². The van der Waals surface area contributed by atoms with Gasteiger partial charge in [-0.25, -0.2) is 0 Å². The van der Waals surface area contributed by atoms with Gasteiger partial charge in [-0.15, -0.1) is 0 Å². The van der Waals surface area contributed by atoms with Crippen LogP contribution < -0.4 is 4.74 Å². The molecule has 3 heteroatoms. The van der Waals surface area contributed by atoms with E-state index in [4.69, 9.17) is 16.3 Å². The molecule has 0 spiro atoms. The third-order valence-electron chi connectivity index (χ3n) is 1.31. The van der Waals surface area contributed by atoms with Crippen molar-refractivity contribution in [3.8, 4) is 5.75 Å². The lowest BCUT2D eigenvalue weighted by Crippen LogP contribution is -2.23. The summed E-state index contributed by atoms with van der Waals surface area (Å²) in [6.07, 6.45) is 0. The van der Waals surface area contributed by atoms with Gasteiger partial charge in [0, 0.05) is 4.47 Å². The van der Waals surface area contributed by atoms with Crippen molar-refractivity contribution in [1.82, 2.24) is 0 Å². The SMILES string of the molecule is CC(C)(C)Oc1cc(Br)ccc1Cl. The first-order valence-corrected chi connectivity index (χ1v) is 5.20. The molecule has 0 radical (unpaired) electrons. The van der Waals surface area contributed by atoms with Gasteiger partial charge in [-0.1, -0.05) is 27.5 Å². The van der Waals surface area contributed by atoms with Gasteiger partial charge < -0.3 is 4.74 Å². The highest BCUT2D eigenvalue weighted by atomic mass is 79.9. The van der Waals surface area contributed by atoms with E-state index in [2.05, 4.69) is 15.9 Å². The van der Waals surface area contributed by atoms with Gasteiger partial charge in [0.05, 0.1) is 5.02 Å². The molecule has 0 aromatic heterocycles. The Morgan fingerprint density at radius 2 is 1.92 bits per heavy atom. The molecule has 0 fully saturated rings. The minimum atomic E-state index is -0.218. The van der Waals surface area contributed by atoms with E-state index in [0.29, 0.717) is 10.8 Å². The van der Waals surface area contributed by atoms with Crippen molar-refractivity contribution in [2.24, 2.45) is 0 Å². The maximum atomic E-state index is 5.96. The van der Waals surface area contributed by atoms with Crippen LogP contribution in [0.15, 0.2) is 22.7 Å². The van der Waals surface area contributed by atoms with Crippen molar-refractivity contribution in [3.05, 3.63) is 27.7 Å². The molecule has 0 aliphatic carbocycles. The Hall–Kier alpha value is -0.210. The number of hydrogen-bond donors (Lipinski definition) is 0. The number of ether oxygens (including phenoxy) is 1. The number of rotatable bonds is 1. The Balaban J connectivity index is 2.94. The molecule has 0 saturated carbocycles. The summed E-state index contributed by atoms with van der Waals surface area (Å²) in [7, 11) is 0. The molecule has 0 bridgehead atoms. The molecule has 13 heavy (non-hydrogen) atoms. The summed E-state index contributed by atoms with van der Waals surface area (Å²) in [5.41, 5.74) is -0.218. The topological polar surface area (TPSA) is 9.23 Å². The van der Waals surface area contributed by atoms with E-state index >= 15 is 0 Å². The molecule has 0 unspecified atom stereocenters. The average molecular weight is 264 g/mol. The van der Waals surface area contributed by atoms with Crippen molar-refractivity contribution in [2.75, 3.05) is 0 Å². The summed E-state index contributed by atoms with van der Waals surface area (Å²) in [5.74, 6) is 0.712. The molecule has 1 rings (SSSR count). The van der Waals surface area contributed by atoms with E-state index in [1.807, 2.05) is 39.0 Å². The largest absolute Gasteiger partial charge is 0.487 e. The van der Waals surface area contributed by atoms with Crippen molar-refractivity contribution < 1.29 is 4.74 Å². The van der Waals surface area contributed by atoms with Crippen LogP contribution in [0.3, 0.4) is 0 Å². The zero-order valence-electron chi connectivity index (χ0n) is 7.90. The molecular weight excluding hydrogens is 251 g/mol. The second-order valence-corrected chi connectivity index (χ2v) is 5.11. The smallest absolute Gasteiger partial charge is 0.139 e. The van der Waals surface area contributed by atoms with Gasteiger partial charge in [-0.3, -0.25) is 0 Å². The Morgan fingerprint density at radius 1 is 1.31 bits per heavy atom. The Kier molecular flexibility index (Phi) is 3.25. The summed E-state index contributed by atoms with van der Waals surface area (Å²) >= 11 is 9.32. The highest BCUT2D eigenvalue weighted by Crippen LogP contribution is 2.30. The molecule has 0 amide bonds. The van der Waals surface area contributed by atoms with Crippen molar-refractivity contribution >= 4 is 27.5 Å². The van der Waals surface area contributed by atoms with Gasteiger partial charge in [0.1, 0.15) is 11.4 Å². The van der Waals surface area contributed by atoms with Gasteiger partial charge in [-0.2, -0.15) is 0 Å². The lowest BCUT2D eigenvalue weighted by atomic mass is 10.2. The van der Waals surface area contributed by atoms with Crippen LogP contribution in [0.2, 0.25) is 5.02 Å². The highest BCUT2D eigenvalue weighted by molar-refractivity contribution is 9.10. The molecular formula is C10H12BrClO. The fourth-order valence-corrected chi connectivity index (χ4v) is 1.38. The second kappa shape index (κ2) is 3.89. The molecule has 72 valence electrons. The Labute approximate surface area is 92.2 Å². The molecule has 0 aliphatic rings. The number of halogens is 2. The van der Waals surface area contributed by atoms with E-state index in [1.165, 1.54) is 0 Å². The monoisotopic (exact) mass is 262 g/mol. The van der Waals surface area contributed by atoms with Gasteiger partial charge in [0.25, 0.3) is 0 Å². The van der Waals surface area contributed by atoms with Gasteiger partial charge >= 0.3 is 0 Å². The molecule has 1 aromatic rings. The first kappa shape index (κ1) is 10.9. The zero-order valence-corrected chi connectivity index (χ0v) is 10.2. The van der Waals surface area contributed by atoms with Crippen molar-refractivity contribution in [3.63, 3.8) is 0 Å². The van der Waals surface area contributed by atoms with E-state index in [1.54, 1.807) is 0 Å². The maximum Gasteiger partial charge on any atom is 0.139 e. The summed E-state index contributed by atoms with van der Waals surface area (Å²) < 4.78 is 6.62. The maximum absolute atomic E-state index is 5.96. The molecule has 0 aliphatic heterocycles. The molecule has 0 N–H and O–H groups in total. The fraction of sp³-hybridized carbons (Fsp3) is 0.400. The molecule has 0 saturated heterocycles. The van der Waals surface area contributed by atoms with E-state index in [-0.39, 0.29) is 5.60 Å². The summed E-state index contributed by atoms with van der Waals surface area (Å²) in [4.78, 5) is 0. The van der Waals surface area contributed by atoms with Gasteiger partial charge in [-0.05, 0) is 39.0 Å². The fourth-order valence-electron chi connectivity index (χ4n) is 0.885. The Morgan fingerprint density at radius 3 is 2.46 bits per heavy atom. The lowest BCUT2D eigenvalue weighted by Gasteiger charge is -2.22. The minimum absolute atomic E-state index is 0.218. The quantitative estimate of drug-likeness (QED) is 0.735. The van der Waals surface area contributed by atoms with Gasteiger partial charge in [0.2, 0.25) is 0 Å². The van der Waals surface area contributed by atoms with E-state index < -0.39 is 0 Å². The van der Waals surface area contributed by atoms with Crippen molar-refractivity contribution in [1.29, 1.82) is 0 Å². The van der Waals surface area contributed by atoms with Crippen LogP contribution in [-0.2, 0) is 0 Å². The third kappa shape index (κ3) is 3.57. The average Bonchev–Trinajstić information content (AvgIpc) is 1.94. The Bertz CT molecular complexity index is 304. The van der Waals surface area contributed by atoms with Crippen LogP contribution in [0, 0.1) is 0 Å². The standard InChI is InChI=1S/C10H12BrClO/c1-10(2,3)13-9-6-7(11)4-5-8(9)12/h4-6H,1-3H3. The molecule has 0 atom stereocenters. The van der Waals surface area contributed by atoms with Crippen molar-refractivity contribution in [2.45, 2.75) is 26.4 Å². The van der Waals surface area contributed by atoms with Crippen LogP contribution in [0.5, 0.6) is 5.75 Å². The van der Waals surface area contributed by atoms with Crippen LogP contribution >= 0.6 is 27.5 Å². The van der Waals surface area contributed by atoms with E-state index in [0.717, 1.165) is 4.47 Å². The third-order valence-corrected chi connectivity index (χ3v) is 2.11. The predicted molar refractivity (Wildman–Crippen MR) is 59.5 cm³/mol. The summed E-state index contributed by atoms with van der Waals surface area (Å²) in [6, 6.07) is 5.57. The first-order valence-electron chi connectivity index (χ1n) is 4.02. The number of hydrogen-bond acceptors (Lipinski definition) is 1. The number of benzene rings is 1. The molecule has 1 aromatic carbocycles. The molecule has 1 nitrogen and oxygen atoms in total. The minimum Gasteiger partial charge on any atom is -0.487 e. The second-order valence-electron chi connectivity index (χ2n) is 3.79. The summed E-state index contributed by atoms with van der Waals surface area (Å²) in [5, 5.41) is 0.637. The summed E-state index contributed by atoms with van der Waals surface area (Å²) in [6.45, 7) is 5.97. The van der Waals surface area contributed by atoms with Crippen LogP contribution in [0.25, 0.3) is 0 Å².